The molecular weight excluding hydrogens is 419 g/mol. The normalized spacial score (nSPS) is 17.5. The number of carbonyl (C=O) groups is 1. The number of benzene rings is 2. The fraction of sp³-hybridized carbons (Fsp3) is 0.519. The molecular formula is C27H37FN2O3. The number of hydrogen-bond donors (Lipinski definition) is 4. The van der Waals surface area contributed by atoms with Crippen LogP contribution >= 0.6 is 0 Å². The molecule has 0 spiro atoms. The third kappa shape index (κ3) is 6.55. The van der Waals surface area contributed by atoms with Crippen LogP contribution in [0.25, 0.3) is 0 Å². The fourth-order valence-electron chi connectivity index (χ4n) is 4.84. The first-order valence-corrected chi connectivity index (χ1v) is 12.0. The van der Waals surface area contributed by atoms with Crippen molar-refractivity contribution in [2.75, 3.05) is 6.54 Å². The molecule has 1 fully saturated rings. The Hall–Kier alpha value is -2.44. The number of phenols is 1. The average Bonchev–Trinajstić information content (AvgIpc) is 2.80. The van der Waals surface area contributed by atoms with Crippen LogP contribution in [0.5, 0.6) is 5.75 Å². The van der Waals surface area contributed by atoms with E-state index in [1.54, 1.807) is 6.07 Å². The van der Waals surface area contributed by atoms with E-state index in [9.17, 15) is 19.4 Å². The number of amides is 1. The number of rotatable bonds is 9. The number of carbonyl (C=O) groups excluding carboxylic acids is 1. The summed E-state index contributed by atoms with van der Waals surface area (Å²) >= 11 is 0. The van der Waals surface area contributed by atoms with Gasteiger partial charge in [-0.3, -0.25) is 4.79 Å². The Morgan fingerprint density at radius 2 is 1.85 bits per heavy atom. The highest BCUT2D eigenvalue weighted by atomic mass is 19.1. The van der Waals surface area contributed by atoms with Crippen molar-refractivity contribution in [3.63, 3.8) is 0 Å². The fourth-order valence-corrected chi connectivity index (χ4v) is 4.84. The van der Waals surface area contributed by atoms with Crippen molar-refractivity contribution in [1.29, 1.82) is 0 Å². The van der Waals surface area contributed by atoms with E-state index < -0.39 is 23.7 Å². The molecule has 1 aliphatic rings. The van der Waals surface area contributed by atoms with E-state index in [-0.39, 0.29) is 17.9 Å². The third-order valence-corrected chi connectivity index (χ3v) is 6.78. The van der Waals surface area contributed by atoms with Crippen LogP contribution in [0, 0.1) is 5.82 Å². The zero-order valence-electron chi connectivity index (χ0n) is 19.9. The quantitative estimate of drug-likeness (QED) is 0.447. The molecule has 180 valence electrons. The summed E-state index contributed by atoms with van der Waals surface area (Å²) in [5, 5.41) is 27.0. The molecule has 0 aliphatic heterocycles. The summed E-state index contributed by atoms with van der Waals surface area (Å²) in [6.07, 6.45) is 4.84. The van der Waals surface area contributed by atoms with E-state index in [1.165, 1.54) is 36.6 Å². The number of aliphatic hydroxyl groups is 1. The number of nitrogens with one attached hydrogen (secondary N) is 2. The molecule has 2 atom stereocenters. The largest absolute Gasteiger partial charge is 0.505 e. The molecule has 0 bridgehead atoms. The molecule has 33 heavy (non-hydrogen) atoms. The van der Waals surface area contributed by atoms with Crippen molar-refractivity contribution < 1.29 is 19.4 Å². The van der Waals surface area contributed by atoms with Gasteiger partial charge in [0.15, 0.2) is 11.6 Å². The predicted octanol–water partition coefficient (Wildman–Crippen LogP) is 4.51. The van der Waals surface area contributed by atoms with Gasteiger partial charge in [0.05, 0.1) is 12.1 Å². The minimum absolute atomic E-state index is 0.213. The van der Waals surface area contributed by atoms with Crippen molar-refractivity contribution in [3.8, 4) is 5.75 Å². The second-order valence-electron chi connectivity index (χ2n) is 9.67. The first-order chi connectivity index (χ1) is 15.7. The summed E-state index contributed by atoms with van der Waals surface area (Å²) in [7, 11) is 0. The lowest BCUT2D eigenvalue weighted by Gasteiger charge is -2.40. The minimum atomic E-state index is -0.863. The summed E-state index contributed by atoms with van der Waals surface area (Å²) in [4.78, 5) is 11.8. The monoisotopic (exact) mass is 456 g/mol. The number of halogens is 1. The van der Waals surface area contributed by atoms with Crippen molar-refractivity contribution in [2.45, 2.75) is 82.9 Å². The number of aliphatic hydroxyl groups excluding tert-OH is 1. The van der Waals surface area contributed by atoms with Crippen molar-refractivity contribution in [3.05, 3.63) is 65.0 Å². The Bertz CT molecular complexity index is 941. The smallest absolute Gasteiger partial charge is 0.217 e. The van der Waals surface area contributed by atoms with E-state index in [0.29, 0.717) is 18.0 Å². The highest BCUT2D eigenvalue weighted by molar-refractivity contribution is 5.73. The molecule has 2 aromatic carbocycles. The molecule has 4 N–H and O–H groups in total. The molecule has 1 aliphatic carbocycles. The lowest BCUT2D eigenvalue weighted by atomic mass is 9.75. The topological polar surface area (TPSA) is 81.6 Å². The molecule has 2 aromatic rings. The van der Waals surface area contributed by atoms with Crippen LogP contribution in [0.4, 0.5) is 4.39 Å². The maximum Gasteiger partial charge on any atom is 0.217 e. The Morgan fingerprint density at radius 3 is 2.48 bits per heavy atom. The summed E-state index contributed by atoms with van der Waals surface area (Å²) < 4.78 is 13.8. The van der Waals surface area contributed by atoms with Crippen LogP contribution in [-0.4, -0.2) is 34.8 Å². The van der Waals surface area contributed by atoms with Gasteiger partial charge >= 0.3 is 0 Å². The zero-order valence-corrected chi connectivity index (χ0v) is 19.9. The highest BCUT2D eigenvalue weighted by Crippen LogP contribution is 2.38. The Kier molecular flexibility index (Phi) is 8.49. The summed E-state index contributed by atoms with van der Waals surface area (Å²) in [5.41, 5.74) is 2.93. The number of aromatic hydroxyl groups is 1. The second-order valence-corrected chi connectivity index (χ2v) is 9.67. The second kappa shape index (κ2) is 11.1. The first kappa shape index (κ1) is 25.2. The van der Waals surface area contributed by atoms with Gasteiger partial charge in [0, 0.05) is 19.0 Å². The Balaban J connectivity index is 1.78. The van der Waals surface area contributed by atoms with Gasteiger partial charge in [-0.1, -0.05) is 63.4 Å². The molecule has 1 saturated carbocycles. The number of phenolic OH excluding ortho intramolecular Hbond substituents is 1. The molecule has 6 heteroatoms. The van der Waals surface area contributed by atoms with Gasteiger partial charge in [-0.25, -0.2) is 4.39 Å². The van der Waals surface area contributed by atoms with Crippen molar-refractivity contribution >= 4 is 5.91 Å². The van der Waals surface area contributed by atoms with Gasteiger partial charge in [0.2, 0.25) is 5.91 Å². The van der Waals surface area contributed by atoms with Gasteiger partial charge in [-0.15, -0.1) is 0 Å². The molecule has 0 aromatic heterocycles. The van der Waals surface area contributed by atoms with Crippen LogP contribution in [0.1, 0.15) is 75.5 Å². The average molecular weight is 457 g/mol. The van der Waals surface area contributed by atoms with Crippen LogP contribution < -0.4 is 10.6 Å². The van der Waals surface area contributed by atoms with Crippen molar-refractivity contribution in [2.24, 2.45) is 0 Å². The van der Waals surface area contributed by atoms with Gasteiger partial charge in [-0.2, -0.15) is 0 Å². The molecule has 0 radical (unpaired) electrons. The third-order valence-electron chi connectivity index (χ3n) is 6.78. The lowest BCUT2D eigenvalue weighted by Crippen LogP contribution is -2.53. The zero-order chi connectivity index (χ0) is 24.0. The van der Waals surface area contributed by atoms with Crippen LogP contribution in [0.3, 0.4) is 0 Å². The maximum atomic E-state index is 13.8. The van der Waals surface area contributed by atoms with E-state index in [2.05, 4.69) is 48.7 Å². The molecule has 2 unspecified atom stereocenters. The summed E-state index contributed by atoms with van der Waals surface area (Å²) in [6.45, 7) is 6.09. The van der Waals surface area contributed by atoms with Crippen LogP contribution in [-0.2, 0) is 16.8 Å². The van der Waals surface area contributed by atoms with E-state index >= 15 is 0 Å². The SMILES string of the molecule is CC(=O)NC(Cc1ccc(O)c(F)c1)C(O)CNC1(c2cccc(C(C)C)c2)CCCCC1. The van der Waals surface area contributed by atoms with E-state index in [0.717, 1.165) is 25.7 Å². The molecule has 1 amide bonds. The van der Waals surface area contributed by atoms with Gasteiger partial charge < -0.3 is 20.8 Å². The predicted molar refractivity (Wildman–Crippen MR) is 129 cm³/mol. The van der Waals surface area contributed by atoms with Gasteiger partial charge in [-0.05, 0) is 54.0 Å². The van der Waals surface area contributed by atoms with Gasteiger partial charge in [0.1, 0.15) is 0 Å². The van der Waals surface area contributed by atoms with Crippen LogP contribution in [0.15, 0.2) is 42.5 Å². The highest BCUT2D eigenvalue weighted by Gasteiger charge is 2.35. The van der Waals surface area contributed by atoms with E-state index in [4.69, 9.17) is 0 Å². The maximum absolute atomic E-state index is 13.8. The molecule has 3 rings (SSSR count). The molecule has 5 nitrogen and oxygen atoms in total. The van der Waals surface area contributed by atoms with Crippen LogP contribution in [0.2, 0.25) is 0 Å². The first-order valence-electron chi connectivity index (χ1n) is 12.0. The summed E-state index contributed by atoms with van der Waals surface area (Å²) in [6, 6.07) is 12.3. The standard InChI is InChI=1S/C27H37FN2O3/c1-18(2)21-8-7-9-22(16-21)27(12-5-4-6-13-27)29-17-26(33)24(30-19(3)31)15-20-10-11-25(32)23(28)14-20/h7-11,14,16,18,24,26,29,32-33H,4-6,12-13,15,17H2,1-3H3,(H,30,31). The number of hydrogen-bond acceptors (Lipinski definition) is 4. The lowest BCUT2D eigenvalue weighted by molar-refractivity contribution is -0.120. The minimum Gasteiger partial charge on any atom is -0.505 e. The molecule has 0 saturated heterocycles. The van der Waals surface area contributed by atoms with Crippen molar-refractivity contribution in [1.82, 2.24) is 10.6 Å². The van der Waals surface area contributed by atoms with E-state index in [1.807, 2.05) is 0 Å². The summed E-state index contributed by atoms with van der Waals surface area (Å²) in [5.74, 6) is -0.950. The Morgan fingerprint density at radius 1 is 1.12 bits per heavy atom. The van der Waals surface area contributed by atoms with Gasteiger partial charge in [0.25, 0.3) is 0 Å². The Labute approximate surface area is 196 Å². The molecule has 0 heterocycles.